The number of imidazole rings is 1. The Kier molecular flexibility index (Phi) is 9.69. The van der Waals surface area contributed by atoms with E-state index in [1.54, 1.807) is 0 Å². The number of aromatic nitrogens is 4. The zero-order valence-electron chi connectivity index (χ0n) is 24.4. The molecule has 1 aliphatic rings. The van der Waals surface area contributed by atoms with Crippen LogP contribution in [0.2, 0.25) is 0 Å². The van der Waals surface area contributed by atoms with Crippen molar-refractivity contribution >= 4 is 27.0 Å². The van der Waals surface area contributed by atoms with Crippen molar-refractivity contribution < 1.29 is 28.1 Å². The van der Waals surface area contributed by atoms with Gasteiger partial charge >= 0.3 is 0 Å². The third-order valence-corrected chi connectivity index (χ3v) is 8.98. The van der Waals surface area contributed by atoms with E-state index in [0.717, 1.165) is 11.1 Å². The fraction of sp³-hybridized carbons (Fsp3) is 0.433. The number of fused-ring (bicyclic) bond motifs is 1. The van der Waals surface area contributed by atoms with Crippen molar-refractivity contribution in [3.63, 3.8) is 0 Å². The fourth-order valence-electron chi connectivity index (χ4n) is 5.28. The second kappa shape index (κ2) is 13.5. The number of ether oxygens (including phenoxy) is 2. The van der Waals surface area contributed by atoms with Gasteiger partial charge in [-0.15, -0.1) is 0 Å². The van der Waals surface area contributed by atoms with E-state index in [1.165, 1.54) is 18.0 Å². The van der Waals surface area contributed by atoms with E-state index in [9.17, 15) is 18.6 Å². The first-order valence-electron chi connectivity index (χ1n) is 14.2. The van der Waals surface area contributed by atoms with Crippen LogP contribution in [0, 0.1) is 5.92 Å². The predicted octanol–water partition coefficient (Wildman–Crippen LogP) is 2.41. The summed E-state index contributed by atoms with van der Waals surface area (Å²) in [6.45, 7) is 4.07. The Morgan fingerprint density at radius 3 is 2.26 bits per heavy atom. The van der Waals surface area contributed by atoms with E-state index in [0.29, 0.717) is 23.5 Å². The molecule has 4 aromatic rings. The van der Waals surface area contributed by atoms with Crippen molar-refractivity contribution in [2.45, 2.75) is 50.8 Å². The monoisotopic (exact) mass is 610 g/mol. The van der Waals surface area contributed by atoms with Crippen LogP contribution in [0.1, 0.15) is 42.9 Å². The molecule has 0 amide bonds. The van der Waals surface area contributed by atoms with Crippen LogP contribution >= 0.6 is 0 Å². The molecule has 12 nitrogen and oxygen atoms in total. The minimum absolute atomic E-state index is 0.0209. The molecule has 0 unspecified atom stereocenters. The largest absolute Gasteiger partial charge is 0.387 e. The lowest BCUT2D eigenvalue weighted by Crippen LogP contribution is -2.33. The Labute approximate surface area is 251 Å². The molecule has 0 saturated carbocycles. The first-order valence-corrected chi connectivity index (χ1v) is 15.9. The fourth-order valence-corrected chi connectivity index (χ4v) is 6.63. The molecule has 1 fully saturated rings. The number of benzene rings is 2. The van der Waals surface area contributed by atoms with Crippen molar-refractivity contribution in [2.75, 3.05) is 31.3 Å². The highest BCUT2D eigenvalue weighted by molar-refractivity contribution is 7.89. The second-order valence-corrected chi connectivity index (χ2v) is 12.9. The van der Waals surface area contributed by atoms with E-state index in [1.807, 2.05) is 50.2 Å². The number of anilines is 1. The number of nitrogens with zero attached hydrogens (tertiary/aromatic N) is 4. The highest BCUT2D eigenvalue weighted by atomic mass is 32.2. The van der Waals surface area contributed by atoms with Crippen LogP contribution < -0.4 is 10.0 Å². The maximum atomic E-state index is 12.6. The number of methoxy groups -OCH3 is 1. The van der Waals surface area contributed by atoms with E-state index >= 15 is 0 Å². The molecule has 0 aliphatic carbocycles. The average molecular weight is 611 g/mol. The Morgan fingerprint density at radius 1 is 1.00 bits per heavy atom. The second-order valence-electron chi connectivity index (χ2n) is 11.1. The van der Waals surface area contributed by atoms with Crippen molar-refractivity contribution in [3.05, 3.63) is 83.9 Å². The molecule has 0 bridgehead atoms. The van der Waals surface area contributed by atoms with Crippen molar-refractivity contribution in [1.29, 1.82) is 0 Å². The molecule has 4 atom stereocenters. The van der Waals surface area contributed by atoms with E-state index in [2.05, 4.69) is 49.3 Å². The highest BCUT2D eigenvalue weighted by Gasteiger charge is 2.44. The number of rotatable bonds is 13. The number of aliphatic hydroxyl groups is 2. The summed E-state index contributed by atoms with van der Waals surface area (Å²) in [4.78, 5) is 13.8. The molecule has 0 radical (unpaired) electrons. The number of hydrogen-bond acceptors (Lipinski definition) is 10. The van der Waals surface area contributed by atoms with Crippen molar-refractivity contribution in [2.24, 2.45) is 5.92 Å². The average Bonchev–Trinajstić information content (AvgIpc) is 3.53. The van der Waals surface area contributed by atoms with Gasteiger partial charge in [-0.2, -0.15) is 0 Å². The first kappa shape index (κ1) is 31.0. The zero-order valence-corrected chi connectivity index (χ0v) is 25.2. The summed E-state index contributed by atoms with van der Waals surface area (Å²) in [5.41, 5.74) is 2.95. The van der Waals surface area contributed by atoms with E-state index in [-0.39, 0.29) is 36.6 Å². The van der Waals surface area contributed by atoms with Gasteiger partial charge in [-0.05, 0) is 17.0 Å². The Hall–Kier alpha value is -3.46. The van der Waals surface area contributed by atoms with Gasteiger partial charge in [0.15, 0.2) is 23.2 Å². The van der Waals surface area contributed by atoms with Gasteiger partial charge in [0.1, 0.15) is 24.1 Å². The van der Waals surface area contributed by atoms with Crippen molar-refractivity contribution in [1.82, 2.24) is 24.2 Å². The molecule has 1 saturated heterocycles. The van der Waals surface area contributed by atoms with Crippen LogP contribution in [0.15, 0.2) is 67.0 Å². The molecular formula is C30H38N6O6S. The van der Waals surface area contributed by atoms with Crippen LogP contribution in [-0.2, 0) is 26.0 Å². The van der Waals surface area contributed by atoms with Gasteiger partial charge < -0.3 is 25.0 Å². The summed E-state index contributed by atoms with van der Waals surface area (Å²) < 4.78 is 40.4. The normalized spacial score (nSPS) is 20.8. The minimum Gasteiger partial charge on any atom is -0.387 e. The summed E-state index contributed by atoms with van der Waals surface area (Å²) in [6.07, 6.45) is -2.71. The molecular weight excluding hydrogens is 572 g/mol. The number of sulfonamides is 1. The van der Waals surface area contributed by atoms with Gasteiger partial charge in [-0.25, -0.2) is 28.1 Å². The Bertz CT molecular complexity index is 1560. The Balaban J connectivity index is 1.51. The smallest absolute Gasteiger partial charge is 0.212 e. The molecule has 2 aromatic carbocycles. The van der Waals surface area contributed by atoms with Crippen LogP contribution in [0.4, 0.5) is 5.82 Å². The van der Waals surface area contributed by atoms with Crippen LogP contribution in [0.5, 0.6) is 0 Å². The first-order chi connectivity index (χ1) is 20.7. The third kappa shape index (κ3) is 7.20. The summed E-state index contributed by atoms with van der Waals surface area (Å²) in [6, 6.07) is 20.2. The van der Waals surface area contributed by atoms with Crippen molar-refractivity contribution in [3.8, 4) is 0 Å². The highest BCUT2D eigenvalue weighted by Crippen LogP contribution is 2.33. The van der Waals surface area contributed by atoms with E-state index < -0.39 is 34.6 Å². The lowest BCUT2D eigenvalue weighted by Gasteiger charge is -2.20. The molecule has 1 aliphatic heterocycles. The summed E-state index contributed by atoms with van der Waals surface area (Å²) >= 11 is 0. The Morgan fingerprint density at radius 2 is 1.65 bits per heavy atom. The predicted molar refractivity (Wildman–Crippen MR) is 162 cm³/mol. The van der Waals surface area contributed by atoms with Gasteiger partial charge in [-0.3, -0.25) is 4.57 Å². The van der Waals surface area contributed by atoms with E-state index in [4.69, 9.17) is 9.47 Å². The molecule has 5 rings (SSSR count). The third-order valence-electron chi connectivity index (χ3n) is 7.29. The zero-order chi connectivity index (χ0) is 30.6. The topological polar surface area (TPSA) is 161 Å². The molecule has 230 valence electrons. The lowest BCUT2D eigenvalue weighted by atomic mass is 9.91. The van der Waals surface area contributed by atoms with Gasteiger partial charge in [-0.1, -0.05) is 74.5 Å². The lowest BCUT2D eigenvalue weighted by molar-refractivity contribution is -0.0580. The minimum atomic E-state index is -3.57. The quantitative estimate of drug-likeness (QED) is 0.177. The number of nitrogens with one attached hydrogen (secondary N) is 2. The van der Waals surface area contributed by atoms with Gasteiger partial charge in [0.25, 0.3) is 0 Å². The summed E-state index contributed by atoms with van der Waals surface area (Å²) in [7, 11) is -2.09. The van der Waals surface area contributed by atoms with Crippen LogP contribution in [0.25, 0.3) is 11.2 Å². The SMILES string of the molecule is COC[C@H]1O[C@@H](n2cnc3c(NCC(c4ccccc4)c4ccccc4)nc(CNS(=O)(=O)CC(C)C)nc32)[C@H](O)[C@@H]1O. The number of aliphatic hydroxyl groups excluding tert-OH is 2. The summed E-state index contributed by atoms with van der Waals surface area (Å²) in [5, 5.41) is 24.8. The summed E-state index contributed by atoms with van der Waals surface area (Å²) in [5.74, 6) is 0.503. The standard InChI is InChI=1S/C30H38N6O6S/c1-19(2)17-43(39,40)33-15-24-34-28(31-14-22(20-10-6-4-7-11-20)21-12-8-5-9-13-21)25-29(35-24)36(18-32-25)30-27(38)26(37)23(42-30)16-41-3/h4-13,18-19,22-23,26-27,30,33,37-38H,14-17H2,1-3H3,(H,31,34,35)/t23-,26-,27-,30-/m1/s1. The molecule has 13 heteroatoms. The van der Waals surface area contributed by atoms with Gasteiger partial charge in [0.2, 0.25) is 10.0 Å². The molecule has 43 heavy (non-hydrogen) atoms. The van der Waals surface area contributed by atoms with Gasteiger partial charge in [0.05, 0.1) is 25.2 Å². The van der Waals surface area contributed by atoms with Crippen LogP contribution in [-0.4, -0.2) is 82.5 Å². The molecule has 2 aromatic heterocycles. The van der Waals surface area contributed by atoms with Crippen LogP contribution in [0.3, 0.4) is 0 Å². The number of hydrogen-bond donors (Lipinski definition) is 4. The molecule has 3 heterocycles. The maximum Gasteiger partial charge on any atom is 0.212 e. The molecule has 4 N–H and O–H groups in total. The molecule has 0 spiro atoms. The maximum absolute atomic E-state index is 12.6. The van der Waals surface area contributed by atoms with Gasteiger partial charge in [0, 0.05) is 19.6 Å².